The van der Waals surface area contributed by atoms with Crippen molar-refractivity contribution in [2.45, 2.75) is 59.0 Å². The molecule has 1 N–H and O–H groups in total. The fourth-order valence-corrected chi connectivity index (χ4v) is 5.23. The Morgan fingerprint density at radius 2 is 1.72 bits per heavy atom. The van der Waals surface area contributed by atoms with E-state index in [-0.39, 0.29) is 37.7 Å². The van der Waals surface area contributed by atoms with Crippen molar-refractivity contribution in [3.63, 3.8) is 0 Å². The molecule has 0 aliphatic rings. The van der Waals surface area contributed by atoms with E-state index in [1.165, 1.54) is 4.31 Å². The predicted octanol–water partition coefficient (Wildman–Crippen LogP) is 5.18. The lowest BCUT2D eigenvalue weighted by Gasteiger charge is -2.31. The number of sulfonamides is 1. The van der Waals surface area contributed by atoms with Crippen LogP contribution in [0.2, 0.25) is 10.0 Å². The molecule has 2 rings (SSSR count). The molecule has 36 heavy (non-hydrogen) atoms. The average molecular weight is 557 g/mol. The van der Waals surface area contributed by atoms with Crippen molar-refractivity contribution < 1.29 is 18.0 Å². The molecule has 0 aliphatic carbocycles. The van der Waals surface area contributed by atoms with Crippen LogP contribution in [0.15, 0.2) is 42.5 Å². The number of hydrogen-bond donors (Lipinski definition) is 1. The molecule has 0 aromatic heterocycles. The van der Waals surface area contributed by atoms with Gasteiger partial charge in [0.1, 0.15) is 6.04 Å². The van der Waals surface area contributed by atoms with Crippen LogP contribution in [0.3, 0.4) is 0 Å². The molecule has 2 aromatic carbocycles. The quantitative estimate of drug-likeness (QED) is 0.368. The molecular formula is C26H35Cl2N3O4S. The molecule has 0 radical (unpaired) electrons. The van der Waals surface area contributed by atoms with Crippen LogP contribution in [0.25, 0.3) is 0 Å². The van der Waals surface area contributed by atoms with Gasteiger partial charge in [-0.3, -0.25) is 13.9 Å². The van der Waals surface area contributed by atoms with Crippen molar-refractivity contribution in [1.29, 1.82) is 0 Å². The number of rotatable bonds is 13. The van der Waals surface area contributed by atoms with Gasteiger partial charge in [0.05, 0.1) is 11.9 Å². The highest BCUT2D eigenvalue weighted by Crippen LogP contribution is 2.28. The first-order valence-corrected chi connectivity index (χ1v) is 14.6. The van der Waals surface area contributed by atoms with E-state index in [0.29, 0.717) is 34.3 Å². The Hall–Kier alpha value is -2.29. The second-order valence-electron chi connectivity index (χ2n) is 8.69. The summed E-state index contributed by atoms with van der Waals surface area (Å²) in [6.07, 6.45) is 2.73. The third-order valence-corrected chi connectivity index (χ3v) is 7.70. The van der Waals surface area contributed by atoms with Crippen molar-refractivity contribution in [2.24, 2.45) is 0 Å². The molecule has 2 amide bonds. The van der Waals surface area contributed by atoms with Gasteiger partial charge < -0.3 is 10.2 Å². The molecule has 0 heterocycles. The smallest absolute Gasteiger partial charge is 0.242 e. The van der Waals surface area contributed by atoms with Gasteiger partial charge in [-0.15, -0.1) is 0 Å². The number of nitrogens with zero attached hydrogens (tertiary/aromatic N) is 2. The zero-order valence-corrected chi connectivity index (χ0v) is 23.6. The van der Waals surface area contributed by atoms with Crippen molar-refractivity contribution in [2.75, 3.05) is 23.7 Å². The zero-order valence-electron chi connectivity index (χ0n) is 21.3. The summed E-state index contributed by atoms with van der Waals surface area (Å²) in [5.41, 5.74) is 1.99. The number of hydrogen-bond acceptors (Lipinski definition) is 4. The summed E-state index contributed by atoms with van der Waals surface area (Å²) >= 11 is 12.2. The van der Waals surface area contributed by atoms with Gasteiger partial charge in [-0.1, -0.05) is 55.2 Å². The minimum absolute atomic E-state index is 0.0801. The highest BCUT2D eigenvalue weighted by molar-refractivity contribution is 7.92. The zero-order chi connectivity index (χ0) is 26.9. The van der Waals surface area contributed by atoms with Crippen molar-refractivity contribution >= 4 is 50.7 Å². The number of anilines is 1. The number of benzene rings is 2. The molecule has 7 nitrogen and oxygen atoms in total. The van der Waals surface area contributed by atoms with Gasteiger partial charge in [-0.25, -0.2) is 8.42 Å². The van der Waals surface area contributed by atoms with E-state index >= 15 is 0 Å². The molecule has 0 spiro atoms. The average Bonchev–Trinajstić information content (AvgIpc) is 2.82. The third-order valence-electron chi connectivity index (χ3n) is 5.86. The van der Waals surface area contributed by atoms with E-state index in [9.17, 15) is 18.0 Å². The van der Waals surface area contributed by atoms with E-state index in [0.717, 1.165) is 18.2 Å². The number of nitrogens with one attached hydrogen (secondary N) is 1. The third kappa shape index (κ3) is 8.39. The fraction of sp³-hybridized carbons (Fsp3) is 0.462. The van der Waals surface area contributed by atoms with E-state index in [4.69, 9.17) is 23.2 Å². The Bertz CT molecular complexity index is 1140. The maximum absolute atomic E-state index is 13.4. The molecule has 10 heteroatoms. The van der Waals surface area contributed by atoms with E-state index in [1.807, 2.05) is 26.0 Å². The normalized spacial score (nSPS) is 12.2. The molecular weight excluding hydrogens is 521 g/mol. The number of halogens is 2. The second kappa shape index (κ2) is 13.9. The lowest BCUT2D eigenvalue weighted by molar-refractivity contribution is -0.141. The van der Waals surface area contributed by atoms with Crippen molar-refractivity contribution in [3.05, 3.63) is 63.6 Å². The summed E-state index contributed by atoms with van der Waals surface area (Å²) in [4.78, 5) is 27.9. The minimum atomic E-state index is -3.60. The Kier molecular flexibility index (Phi) is 11.5. The Morgan fingerprint density at radius 1 is 1.06 bits per heavy atom. The Morgan fingerprint density at radius 3 is 2.31 bits per heavy atom. The van der Waals surface area contributed by atoms with Crippen LogP contribution in [0.5, 0.6) is 0 Å². The fourth-order valence-electron chi connectivity index (χ4n) is 3.92. The SMILES string of the molecule is CCCNC(=O)C(CC)N(Cc1ccc(Cl)cc1)C(=O)CCCN(c1cccc(Cl)c1C)S(C)(=O)=O. The van der Waals surface area contributed by atoms with Gasteiger partial charge in [0.25, 0.3) is 0 Å². The van der Waals surface area contributed by atoms with Gasteiger partial charge in [-0.2, -0.15) is 0 Å². The first-order chi connectivity index (χ1) is 17.0. The molecule has 0 aliphatic heterocycles. The lowest BCUT2D eigenvalue weighted by atomic mass is 10.1. The molecule has 1 atom stereocenters. The number of carbonyl (C=O) groups excluding carboxylic acids is 2. The predicted molar refractivity (Wildman–Crippen MR) is 147 cm³/mol. The van der Waals surface area contributed by atoms with Crippen LogP contribution < -0.4 is 9.62 Å². The van der Waals surface area contributed by atoms with Crippen molar-refractivity contribution in [1.82, 2.24) is 10.2 Å². The highest BCUT2D eigenvalue weighted by Gasteiger charge is 2.29. The topological polar surface area (TPSA) is 86.8 Å². The van der Waals surface area contributed by atoms with Gasteiger partial charge in [-0.05, 0) is 61.6 Å². The van der Waals surface area contributed by atoms with Crippen molar-refractivity contribution in [3.8, 4) is 0 Å². The van der Waals surface area contributed by atoms with Gasteiger partial charge in [0.15, 0.2) is 0 Å². The highest BCUT2D eigenvalue weighted by atomic mass is 35.5. The van der Waals surface area contributed by atoms with Gasteiger partial charge in [0, 0.05) is 36.1 Å². The summed E-state index contributed by atoms with van der Waals surface area (Å²) in [5.74, 6) is -0.423. The Balaban J connectivity index is 2.23. The van der Waals surface area contributed by atoms with Crippen LogP contribution in [0.1, 0.15) is 50.7 Å². The summed E-state index contributed by atoms with van der Waals surface area (Å²) in [7, 11) is -3.60. The monoisotopic (exact) mass is 555 g/mol. The van der Waals surface area contributed by atoms with E-state index in [2.05, 4.69) is 5.32 Å². The van der Waals surface area contributed by atoms with Crippen LogP contribution in [-0.2, 0) is 26.2 Å². The second-order valence-corrected chi connectivity index (χ2v) is 11.4. The Labute approximate surface area is 224 Å². The van der Waals surface area contributed by atoms with Crippen LogP contribution >= 0.6 is 23.2 Å². The van der Waals surface area contributed by atoms with Gasteiger partial charge in [0.2, 0.25) is 21.8 Å². The first kappa shape index (κ1) is 29.9. The molecule has 0 fully saturated rings. The van der Waals surface area contributed by atoms with Crippen LogP contribution in [0.4, 0.5) is 5.69 Å². The standard InChI is InChI=1S/C26H35Cl2N3O4S/c1-5-16-29-26(33)23(6-2)30(18-20-12-14-21(27)15-13-20)25(32)11-8-17-31(36(4,34)35)24-10-7-9-22(28)19(24)3/h7,9-10,12-15,23H,5-6,8,11,16-18H2,1-4H3,(H,29,33). The van der Waals surface area contributed by atoms with Crippen LogP contribution in [0, 0.1) is 6.92 Å². The van der Waals surface area contributed by atoms with E-state index in [1.54, 1.807) is 42.2 Å². The number of amides is 2. The van der Waals surface area contributed by atoms with E-state index < -0.39 is 16.1 Å². The van der Waals surface area contributed by atoms with Gasteiger partial charge >= 0.3 is 0 Å². The number of carbonyl (C=O) groups is 2. The molecule has 0 saturated carbocycles. The summed E-state index contributed by atoms with van der Waals surface area (Å²) in [6.45, 7) is 6.48. The molecule has 198 valence electrons. The summed E-state index contributed by atoms with van der Waals surface area (Å²) < 4.78 is 26.4. The molecule has 2 aromatic rings. The molecule has 1 unspecified atom stereocenters. The summed E-state index contributed by atoms with van der Waals surface area (Å²) in [6, 6.07) is 11.6. The summed E-state index contributed by atoms with van der Waals surface area (Å²) in [5, 5.41) is 3.94. The lowest BCUT2D eigenvalue weighted by Crippen LogP contribution is -2.49. The molecule has 0 saturated heterocycles. The first-order valence-electron chi connectivity index (χ1n) is 12.0. The maximum Gasteiger partial charge on any atom is 0.242 e. The van der Waals surface area contributed by atoms with Crippen LogP contribution in [-0.4, -0.2) is 50.5 Å². The minimum Gasteiger partial charge on any atom is -0.354 e. The maximum atomic E-state index is 13.4. The molecule has 0 bridgehead atoms. The largest absolute Gasteiger partial charge is 0.354 e.